The number of benzene rings is 1. The van der Waals surface area contributed by atoms with Gasteiger partial charge in [-0.15, -0.1) is 0 Å². The number of nitrogens with two attached hydrogens (primary N) is 1. The molecule has 1 fully saturated rings. The Balaban J connectivity index is 2.17. The molecule has 3 nitrogen and oxygen atoms in total. The standard InChI is InChI=1S/C13H17F3N2O/c1-19-12-7-10(4-5-11(12)17)18-6-2-3-9(8-18)13(14,15)16/h4-5,7,9H,2-3,6,8,17H2,1H3/t9-/m1/s1. The number of rotatable bonds is 2. The third-order valence-corrected chi connectivity index (χ3v) is 3.47. The lowest BCUT2D eigenvalue weighted by atomic mass is 9.97. The van der Waals surface area contributed by atoms with Crippen LogP contribution in [0.5, 0.6) is 5.75 Å². The molecule has 0 aliphatic carbocycles. The van der Waals surface area contributed by atoms with Crippen molar-refractivity contribution in [1.82, 2.24) is 0 Å². The van der Waals surface area contributed by atoms with Crippen molar-refractivity contribution in [2.45, 2.75) is 19.0 Å². The zero-order valence-corrected chi connectivity index (χ0v) is 10.7. The number of halogens is 3. The van der Waals surface area contributed by atoms with E-state index in [9.17, 15) is 13.2 Å². The van der Waals surface area contributed by atoms with Crippen molar-refractivity contribution in [1.29, 1.82) is 0 Å². The number of anilines is 2. The van der Waals surface area contributed by atoms with Gasteiger partial charge in [-0.1, -0.05) is 0 Å². The minimum atomic E-state index is -4.13. The molecule has 0 bridgehead atoms. The summed E-state index contributed by atoms with van der Waals surface area (Å²) in [5.74, 6) is -0.767. The van der Waals surface area contributed by atoms with Crippen molar-refractivity contribution in [3.8, 4) is 5.75 Å². The van der Waals surface area contributed by atoms with Gasteiger partial charge in [0.05, 0.1) is 18.7 Å². The molecule has 106 valence electrons. The highest BCUT2D eigenvalue weighted by Crippen LogP contribution is 2.36. The second-order valence-electron chi connectivity index (χ2n) is 4.75. The Labute approximate surface area is 110 Å². The average Bonchev–Trinajstić information content (AvgIpc) is 2.38. The summed E-state index contributed by atoms with van der Waals surface area (Å²) in [5, 5.41) is 0. The number of nitrogen functional groups attached to an aromatic ring is 1. The van der Waals surface area contributed by atoms with Gasteiger partial charge >= 0.3 is 6.18 Å². The van der Waals surface area contributed by atoms with Crippen molar-refractivity contribution in [2.24, 2.45) is 5.92 Å². The molecule has 1 saturated heterocycles. The van der Waals surface area contributed by atoms with E-state index in [-0.39, 0.29) is 13.0 Å². The summed E-state index contributed by atoms with van der Waals surface area (Å²) in [4.78, 5) is 1.74. The van der Waals surface area contributed by atoms with Crippen LogP contribution in [0.15, 0.2) is 18.2 Å². The van der Waals surface area contributed by atoms with E-state index in [1.54, 1.807) is 23.1 Å². The van der Waals surface area contributed by atoms with E-state index >= 15 is 0 Å². The zero-order chi connectivity index (χ0) is 14.0. The number of hydrogen-bond acceptors (Lipinski definition) is 3. The van der Waals surface area contributed by atoms with Crippen molar-refractivity contribution in [3.63, 3.8) is 0 Å². The van der Waals surface area contributed by atoms with Crippen molar-refractivity contribution >= 4 is 11.4 Å². The van der Waals surface area contributed by atoms with E-state index in [0.717, 1.165) is 5.69 Å². The van der Waals surface area contributed by atoms with Crippen LogP contribution < -0.4 is 15.4 Å². The Morgan fingerprint density at radius 3 is 2.74 bits per heavy atom. The largest absolute Gasteiger partial charge is 0.495 e. The van der Waals surface area contributed by atoms with Gasteiger partial charge in [0.2, 0.25) is 0 Å². The topological polar surface area (TPSA) is 38.5 Å². The number of methoxy groups -OCH3 is 1. The highest BCUT2D eigenvalue weighted by molar-refractivity contribution is 5.62. The maximum Gasteiger partial charge on any atom is 0.393 e. The molecular formula is C13H17F3N2O. The van der Waals surface area contributed by atoms with Gasteiger partial charge in [-0.3, -0.25) is 0 Å². The average molecular weight is 274 g/mol. The van der Waals surface area contributed by atoms with Crippen LogP contribution in [0.3, 0.4) is 0 Å². The number of nitrogens with zero attached hydrogens (tertiary/aromatic N) is 1. The molecule has 0 aromatic heterocycles. The van der Waals surface area contributed by atoms with Crippen LogP contribution in [-0.4, -0.2) is 26.4 Å². The molecule has 2 rings (SSSR count). The fraction of sp³-hybridized carbons (Fsp3) is 0.538. The Bertz CT molecular complexity index is 448. The van der Waals surface area contributed by atoms with E-state index in [0.29, 0.717) is 24.4 Å². The van der Waals surface area contributed by atoms with Gasteiger partial charge < -0.3 is 15.4 Å². The van der Waals surface area contributed by atoms with Crippen molar-refractivity contribution < 1.29 is 17.9 Å². The molecule has 1 aromatic rings. The first-order valence-electron chi connectivity index (χ1n) is 6.17. The number of hydrogen-bond donors (Lipinski definition) is 1. The van der Waals surface area contributed by atoms with E-state index in [2.05, 4.69) is 0 Å². The Kier molecular flexibility index (Phi) is 3.78. The van der Waals surface area contributed by atoms with Gasteiger partial charge in [-0.25, -0.2) is 0 Å². The van der Waals surface area contributed by atoms with Gasteiger partial charge in [-0.05, 0) is 25.0 Å². The molecule has 6 heteroatoms. The monoisotopic (exact) mass is 274 g/mol. The highest BCUT2D eigenvalue weighted by Gasteiger charge is 2.41. The number of piperidine rings is 1. The van der Waals surface area contributed by atoms with Crippen LogP contribution in [0, 0.1) is 5.92 Å². The van der Waals surface area contributed by atoms with Gasteiger partial charge in [0.1, 0.15) is 5.75 Å². The zero-order valence-electron chi connectivity index (χ0n) is 10.7. The quantitative estimate of drug-likeness (QED) is 0.842. The Morgan fingerprint density at radius 1 is 1.37 bits per heavy atom. The first-order valence-corrected chi connectivity index (χ1v) is 6.17. The molecule has 1 aliphatic rings. The summed E-state index contributed by atoms with van der Waals surface area (Å²) in [5.41, 5.74) is 6.91. The third kappa shape index (κ3) is 3.05. The van der Waals surface area contributed by atoms with Gasteiger partial charge in [0.25, 0.3) is 0 Å². The molecule has 1 atom stereocenters. The minimum absolute atomic E-state index is 0.00340. The predicted octanol–water partition coefficient (Wildman–Crippen LogP) is 3.06. The normalized spacial score (nSPS) is 20.4. The van der Waals surface area contributed by atoms with E-state index in [1.807, 2.05) is 0 Å². The molecule has 0 saturated carbocycles. The van der Waals surface area contributed by atoms with Crippen LogP contribution in [0.4, 0.5) is 24.5 Å². The molecule has 0 unspecified atom stereocenters. The first kappa shape index (κ1) is 13.8. The summed E-state index contributed by atoms with van der Waals surface area (Å²) in [6.07, 6.45) is -3.39. The molecule has 19 heavy (non-hydrogen) atoms. The lowest BCUT2D eigenvalue weighted by Crippen LogP contribution is -2.41. The van der Waals surface area contributed by atoms with Crippen LogP contribution in [0.1, 0.15) is 12.8 Å². The molecule has 0 amide bonds. The summed E-state index contributed by atoms with van der Waals surface area (Å²) < 4.78 is 43.4. The lowest BCUT2D eigenvalue weighted by molar-refractivity contribution is -0.175. The first-order chi connectivity index (χ1) is 8.91. The van der Waals surface area contributed by atoms with Crippen LogP contribution in [0.2, 0.25) is 0 Å². The van der Waals surface area contributed by atoms with E-state index < -0.39 is 12.1 Å². The summed E-state index contributed by atoms with van der Waals surface area (Å²) in [6, 6.07) is 5.08. The summed E-state index contributed by atoms with van der Waals surface area (Å²) in [7, 11) is 1.49. The van der Waals surface area contributed by atoms with E-state index in [4.69, 9.17) is 10.5 Å². The summed E-state index contributed by atoms with van der Waals surface area (Å²) in [6.45, 7) is 0.621. The maximum atomic E-state index is 12.8. The second-order valence-corrected chi connectivity index (χ2v) is 4.75. The van der Waals surface area contributed by atoms with Crippen molar-refractivity contribution in [2.75, 3.05) is 30.8 Å². The van der Waals surface area contributed by atoms with Crippen LogP contribution in [-0.2, 0) is 0 Å². The molecule has 1 aromatic carbocycles. The molecule has 0 spiro atoms. The van der Waals surface area contributed by atoms with Gasteiger partial charge in [0.15, 0.2) is 0 Å². The number of alkyl halides is 3. The second kappa shape index (κ2) is 5.19. The van der Waals surface area contributed by atoms with Crippen LogP contribution >= 0.6 is 0 Å². The summed E-state index contributed by atoms with van der Waals surface area (Å²) >= 11 is 0. The lowest BCUT2D eigenvalue weighted by Gasteiger charge is -2.35. The number of ether oxygens (including phenoxy) is 1. The highest BCUT2D eigenvalue weighted by atomic mass is 19.4. The van der Waals surface area contributed by atoms with E-state index in [1.165, 1.54) is 7.11 Å². The Morgan fingerprint density at radius 2 is 2.11 bits per heavy atom. The molecule has 1 heterocycles. The SMILES string of the molecule is COc1cc(N2CCC[C@@H](C(F)(F)F)C2)ccc1N. The molecule has 2 N–H and O–H groups in total. The van der Waals surface area contributed by atoms with Gasteiger partial charge in [0, 0.05) is 24.8 Å². The smallest absolute Gasteiger partial charge is 0.393 e. The molecule has 0 radical (unpaired) electrons. The Hall–Kier alpha value is -1.59. The van der Waals surface area contributed by atoms with Gasteiger partial charge in [-0.2, -0.15) is 13.2 Å². The molecule has 1 aliphatic heterocycles. The van der Waals surface area contributed by atoms with Crippen LogP contribution in [0.25, 0.3) is 0 Å². The van der Waals surface area contributed by atoms with Crippen molar-refractivity contribution in [3.05, 3.63) is 18.2 Å². The fourth-order valence-corrected chi connectivity index (χ4v) is 2.38. The third-order valence-electron chi connectivity index (χ3n) is 3.47. The maximum absolute atomic E-state index is 12.8. The fourth-order valence-electron chi connectivity index (χ4n) is 2.38. The predicted molar refractivity (Wildman–Crippen MR) is 68.4 cm³/mol. The minimum Gasteiger partial charge on any atom is -0.495 e. The molecular weight excluding hydrogens is 257 g/mol.